The summed E-state index contributed by atoms with van der Waals surface area (Å²) in [5.41, 5.74) is 4.22. The van der Waals surface area contributed by atoms with Gasteiger partial charge in [-0.1, -0.05) is 44.9 Å². The Morgan fingerprint density at radius 3 is 2.61 bits per heavy atom. The van der Waals surface area contributed by atoms with E-state index in [1.54, 1.807) is 0 Å². The molecular weight excluding hydrogens is 781 g/mol. The number of piperidine rings is 3. The lowest BCUT2D eigenvalue weighted by Gasteiger charge is -2.45. The molecule has 3 saturated carbocycles. The van der Waals surface area contributed by atoms with E-state index < -0.39 is 29.0 Å². The van der Waals surface area contributed by atoms with Gasteiger partial charge in [-0.25, -0.2) is 4.79 Å². The number of carbonyl (C=O) groups excluding carboxylic acids is 3. The van der Waals surface area contributed by atoms with Crippen molar-refractivity contribution in [1.29, 1.82) is 0 Å². The number of hydrogen-bond donors (Lipinski definition) is 7. The quantitative estimate of drug-likeness (QED) is 0.0465. The van der Waals surface area contributed by atoms with E-state index in [0.717, 1.165) is 122 Å². The average Bonchev–Trinajstić information content (AvgIpc) is 3.97. The summed E-state index contributed by atoms with van der Waals surface area (Å²) < 4.78 is 13.0. The van der Waals surface area contributed by atoms with Gasteiger partial charge in [-0.3, -0.25) is 14.9 Å². The third-order valence-corrected chi connectivity index (χ3v) is 17.6. The maximum absolute atomic E-state index is 15.5. The molecule has 4 saturated heterocycles. The monoisotopic (exact) mass is 863 g/mol. The zero-order chi connectivity index (χ0) is 43.8. The molecule has 0 radical (unpaired) electrons. The number of Topliss-reactive ketones (excluding diaryl/α,β-unsaturated/α-hetero) is 2. The number of ketones is 2. The summed E-state index contributed by atoms with van der Waals surface area (Å²) in [6.45, 7) is 11.4. The zero-order valence-corrected chi connectivity index (χ0v) is 38.8. The van der Waals surface area contributed by atoms with Gasteiger partial charge in [-0.15, -0.1) is 0 Å². The lowest BCUT2D eigenvalue weighted by atomic mass is 9.55. The summed E-state index contributed by atoms with van der Waals surface area (Å²) in [6, 6.07) is 0.197. The first-order valence-corrected chi connectivity index (χ1v) is 25.1. The molecule has 0 amide bonds. The van der Waals surface area contributed by atoms with Gasteiger partial charge >= 0.3 is 5.97 Å². The highest BCUT2D eigenvalue weighted by Gasteiger charge is 2.87. The topological polar surface area (TPSA) is 179 Å². The van der Waals surface area contributed by atoms with Gasteiger partial charge in [0.1, 0.15) is 0 Å². The van der Waals surface area contributed by atoms with Crippen LogP contribution in [0.25, 0.3) is 0 Å². The van der Waals surface area contributed by atoms with Crippen LogP contribution >= 0.6 is 0 Å². The van der Waals surface area contributed by atoms with Gasteiger partial charge in [0.2, 0.25) is 0 Å². The second kappa shape index (κ2) is 19.4. The van der Waals surface area contributed by atoms with Crippen LogP contribution in [0.3, 0.4) is 0 Å². The van der Waals surface area contributed by atoms with Crippen molar-refractivity contribution in [2.45, 2.75) is 173 Å². The molecule has 62 heavy (non-hydrogen) atoms. The van der Waals surface area contributed by atoms with Crippen molar-refractivity contribution in [2.75, 3.05) is 39.9 Å². The highest BCUT2D eigenvalue weighted by Crippen LogP contribution is 2.64. The van der Waals surface area contributed by atoms with Crippen molar-refractivity contribution in [3.05, 3.63) is 23.3 Å². The van der Waals surface area contributed by atoms with Crippen LogP contribution in [-0.4, -0.2) is 98.3 Å². The molecule has 0 bridgehead atoms. The molecule has 8 rings (SSSR count). The van der Waals surface area contributed by atoms with Crippen LogP contribution in [0.1, 0.15) is 137 Å². The second-order valence-electron chi connectivity index (χ2n) is 22.1. The fourth-order valence-corrected chi connectivity index (χ4v) is 14.3. The lowest BCUT2D eigenvalue weighted by Crippen LogP contribution is -2.62. The van der Waals surface area contributed by atoms with E-state index in [9.17, 15) is 9.90 Å². The SMILES string of the molecule is CCNC1CC2C=CCCC2CC1COC(=O)C12OC1(CC(CO)=C(C)CCC1CCNC3NC(NC)CCC13)C(=O)C1CCCC(CC(C)(C)CC3CCC(N)NC3)C1C2=O. The van der Waals surface area contributed by atoms with Crippen LogP contribution in [0.2, 0.25) is 0 Å². The largest absolute Gasteiger partial charge is 0.463 e. The van der Waals surface area contributed by atoms with Crippen LogP contribution in [0.4, 0.5) is 0 Å². The predicted molar refractivity (Wildman–Crippen MR) is 241 cm³/mol. The summed E-state index contributed by atoms with van der Waals surface area (Å²) in [5, 5.41) is 29.0. The molecule has 7 fully saturated rings. The molecule has 15 atom stereocenters. The summed E-state index contributed by atoms with van der Waals surface area (Å²) in [5.74, 6) is 0.573. The maximum atomic E-state index is 15.5. The second-order valence-corrected chi connectivity index (χ2v) is 22.1. The summed E-state index contributed by atoms with van der Waals surface area (Å²) in [7, 11) is 2.01. The Morgan fingerprint density at radius 2 is 1.85 bits per heavy atom. The lowest BCUT2D eigenvalue weighted by molar-refractivity contribution is -0.161. The molecule has 0 aromatic carbocycles. The number of aliphatic hydroxyl groups is 1. The molecule has 12 nitrogen and oxygen atoms in total. The van der Waals surface area contributed by atoms with Gasteiger partial charge in [0.25, 0.3) is 5.60 Å². The number of nitrogens with two attached hydrogens (primary N) is 1. The fourth-order valence-electron chi connectivity index (χ4n) is 14.3. The van der Waals surface area contributed by atoms with E-state index in [4.69, 9.17) is 15.2 Å². The van der Waals surface area contributed by atoms with Crippen molar-refractivity contribution < 1.29 is 29.0 Å². The Hall–Kier alpha value is -2.03. The number of allylic oxidation sites excluding steroid dienone is 3. The van der Waals surface area contributed by atoms with Gasteiger partial charge in [-0.2, -0.15) is 0 Å². The molecule has 4 aliphatic carbocycles. The van der Waals surface area contributed by atoms with E-state index in [2.05, 4.69) is 66.4 Å². The summed E-state index contributed by atoms with van der Waals surface area (Å²) in [4.78, 5) is 45.7. The third kappa shape index (κ3) is 9.20. The highest BCUT2D eigenvalue weighted by atomic mass is 16.7. The number of nitrogens with one attached hydrogen (secondary N) is 5. The normalized spacial score (nSPS) is 42.2. The van der Waals surface area contributed by atoms with E-state index in [1.807, 2.05) is 7.05 Å². The van der Waals surface area contributed by atoms with Crippen molar-refractivity contribution in [2.24, 2.45) is 64.4 Å². The Balaban J connectivity index is 1.04. The number of epoxide rings is 1. The van der Waals surface area contributed by atoms with Crippen molar-refractivity contribution >= 4 is 17.5 Å². The standard InChI is InChI=1S/C50H82N6O6/c1-6-53-40-23-34-11-8-7-10-33(34)22-36(40)29-61-47(60)50-45(59)43-35(25-48(3,4)24-31-15-18-41(51)55-27-31)12-9-13-39(43)44(58)49(50,62-50)26-37(28-57)30(2)14-16-32-20-21-54-46-38(32)17-19-42(52-5)56-46/h8,11,31-36,38-43,46,52-57H,6-7,9-10,12-29,51H2,1-5H3. The number of fused-ring (bicyclic) bond motifs is 4. The van der Waals surface area contributed by atoms with Crippen LogP contribution in [0, 0.1) is 58.7 Å². The molecule has 0 spiro atoms. The van der Waals surface area contributed by atoms with Crippen LogP contribution in [-0.2, 0) is 23.9 Å². The van der Waals surface area contributed by atoms with Crippen molar-refractivity contribution in [3.63, 3.8) is 0 Å². The average molecular weight is 863 g/mol. The van der Waals surface area contributed by atoms with Crippen LogP contribution in [0.5, 0.6) is 0 Å². The first-order valence-electron chi connectivity index (χ1n) is 25.1. The van der Waals surface area contributed by atoms with E-state index in [-0.39, 0.29) is 66.8 Å². The Morgan fingerprint density at radius 1 is 1.02 bits per heavy atom. The molecule has 8 aliphatic rings. The molecular formula is C50H82N6O6. The van der Waals surface area contributed by atoms with E-state index in [0.29, 0.717) is 47.7 Å². The molecule has 15 unspecified atom stereocenters. The Kier molecular flexibility index (Phi) is 14.6. The minimum atomic E-state index is -1.98. The Bertz CT molecular complexity index is 1680. The first-order chi connectivity index (χ1) is 29.8. The zero-order valence-electron chi connectivity index (χ0n) is 38.8. The van der Waals surface area contributed by atoms with Gasteiger partial charge in [0.05, 0.1) is 31.7 Å². The minimum Gasteiger partial charge on any atom is -0.463 e. The number of rotatable bonds is 16. The van der Waals surface area contributed by atoms with Crippen molar-refractivity contribution in [1.82, 2.24) is 26.6 Å². The van der Waals surface area contributed by atoms with Gasteiger partial charge in [0.15, 0.2) is 17.2 Å². The highest BCUT2D eigenvalue weighted by molar-refractivity contribution is 6.23. The van der Waals surface area contributed by atoms with E-state index in [1.165, 1.54) is 0 Å². The van der Waals surface area contributed by atoms with Crippen LogP contribution < -0.4 is 32.3 Å². The van der Waals surface area contributed by atoms with Crippen molar-refractivity contribution in [3.8, 4) is 0 Å². The number of esters is 1. The summed E-state index contributed by atoms with van der Waals surface area (Å²) in [6.07, 6.45) is 20.8. The van der Waals surface area contributed by atoms with Gasteiger partial charge < -0.3 is 41.6 Å². The van der Waals surface area contributed by atoms with Gasteiger partial charge in [0, 0.05) is 30.2 Å². The molecule has 12 heteroatoms. The number of ether oxygens (including phenoxy) is 2. The van der Waals surface area contributed by atoms with E-state index >= 15 is 9.59 Å². The molecule has 0 aromatic rings. The molecule has 4 heterocycles. The number of carbonyl (C=O) groups is 3. The number of aliphatic hydroxyl groups excluding tert-OH is 1. The van der Waals surface area contributed by atoms with Crippen LogP contribution in [0.15, 0.2) is 23.3 Å². The smallest absolute Gasteiger partial charge is 0.350 e. The maximum Gasteiger partial charge on any atom is 0.350 e. The predicted octanol–water partition coefficient (Wildman–Crippen LogP) is 5.24. The first kappa shape index (κ1) is 46.5. The van der Waals surface area contributed by atoms with Gasteiger partial charge in [-0.05, 0) is 176 Å². The fraction of sp³-hybridized carbons (Fsp3) is 0.860. The minimum absolute atomic E-state index is 0.0280. The number of hydrogen-bond acceptors (Lipinski definition) is 12. The molecule has 4 aliphatic heterocycles. The molecule has 8 N–H and O–H groups in total. The third-order valence-electron chi connectivity index (χ3n) is 17.6. The summed E-state index contributed by atoms with van der Waals surface area (Å²) >= 11 is 0. The molecule has 0 aromatic heterocycles. The Labute approximate surface area is 372 Å². The molecule has 348 valence electrons.